The van der Waals surface area contributed by atoms with Crippen LogP contribution in [0.4, 0.5) is 19.0 Å². The number of carbonyl (C=O) groups is 1. The summed E-state index contributed by atoms with van der Waals surface area (Å²) < 4.78 is 42.1. The number of rotatable bonds is 5. The van der Waals surface area contributed by atoms with Crippen molar-refractivity contribution in [1.29, 1.82) is 0 Å². The minimum absolute atomic E-state index is 0.0306. The lowest BCUT2D eigenvalue weighted by atomic mass is 9.83. The summed E-state index contributed by atoms with van der Waals surface area (Å²) in [5.41, 5.74) is 7.40. The molecule has 34 heavy (non-hydrogen) atoms. The van der Waals surface area contributed by atoms with Gasteiger partial charge in [0.25, 0.3) is 11.8 Å². The number of aliphatic hydroxyl groups excluding tert-OH is 1. The maximum Gasteiger partial charge on any atom is 0.273 e. The monoisotopic (exact) mass is 490 g/mol. The maximum atomic E-state index is 14.8. The van der Waals surface area contributed by atoms with Crippen molar-refractivity contribution in [3.05, 3.63) is 76.3 Å². The fourth-order valence-electron chi connectivity index (χ4n) is 3.95. The standard InChI is InChI=1S/C24H22ClF3N4O2/c25-16-3-1-2-13(8-16)11-31-23(34)17-5-4-15(9-18(17)26)21-22(29)30-12-19(32-21)14-6-7-24(27,28)20(33)10-14/h1-5,8-9,12,14,20,33H,6-7,10-11H2,(H2,29,30)(H,31,34). The molecule has 1 fully saturated rings. The second-order valence-corrected chi connectivity index (χ2v) is 8.72. The molecule has 2 unspecified atom stereocenters. The maximum absolute atomic E-state index is 14.8. The SMILES string of the molecule is Nc1ncc(C2CCC(F)(F)C(O)C2)nc1-c1ccc(C(=O)NCc2cccc(Cl)c2)c(F)c1. The zero-order valence-electron chi connectivity index (χ0n) is 17.9. The number of hydrogen-bond acceptors (Lipinski definition) is 5. The van der Waals surface area contributed by atoms with Crippen LogP contribution in [-0.4, -0.2) is 33.0 Å². The second-order valence-electron chi connectivity index (χ2n) is 8.28. The van der Waals surface area contributed by atoms with E-state index in [4.69, 9.17) is 17.3 Å². The van der Waals surface area contributed by atoms with Gasteiger partial charge in [0.15, 0.2) is 0 Å². The molecule has 0 radical (unpaired) electrons. The molecule has 1 saturated carbocycles. The molecule has 4 N–H and O–H groups in total. The lowest BCUT2D eigenvalue weighted by Crippen LogP contribution is -2.39. The summed E-state index contributed by atoms with van der Waals surface area (Å²) in [5, 5.41) is 12.9. The first-order valence-corrected chi connectivity index (χ1v) is 11.0. The Morgan fingerprint density at radius 1 is 1.26 bits per heavy atom. The molecule has 0 saturated heterocycles. The molecule has 0 aliphatic heterocycles. The Morgan fingerprint density at radius 3 is 2.76 bits per heavy atom. The molecule has 0 spiro atoms. The Balaban J connectivity index is 1.52. The second kappa shape index (κ2) is 9.60. The van der Waals surface area contributed by atoms with Gasteiger partial charge in [0.05, 0.1) is 17.5 Å². The van der Waals surface area contributed by atoms with Gasteiger partial charge < -0.3 is 16.2 Å². The number of benzene rings is 2. The van der Waals surface area contributed by atoms with Crippen molar-refractivity contribution in [2.45, 2.75) is 43.8 Å². The number of nitrogens with zero attached hydrogens (tertiary/aromatic N) is 2. The fourth-order valence-corrected chi connectivity index (χ4v) is 4.17. The summed E-state index contributed by atoms with van der Waals surface area (Å²) in [4.78, 5) is 21.0. The van der Waals surface area contributed by atoms with Crippen LogP contribution in [0, 0.1) is 5.82 Å². The summed E-state index contributed by atoms with van der Waals surface area (Å²) in [7, 11) is 0. The van der Waals surface area contributed by atoms with E-state index in [0.29, 0.717) is 10.7 Å². The molecule has 2 aromatic carbocycles. The van der Waals surface area contributed by atoms with Gasteiger partial charge in [0.1, 0.15) is 23.4 Å². The number of nitrogens with two attached hydrogens (primary N) is 1. The van der Waals surface area contributed by atoms with Crippen molar-refractivity contribution < 1.29 is 23.1 Å². The van der Waals surface area contributed by atoms with Gasteiger partial charge in [0, 0.05) is 29.5 Å². The smallest absolute Gasteiger partial charge is 0.273 e. The summed E-state index contributed by atoms with van der Waals surface area (Å²) in [6, 6.07) is 10.9. The highest BCUT2D eigenvalue weighted by molar-refractivity contribution is 6.30. The van der Waals surface area contributed by atoms with Crippen LogP contribution in [0.25, 0.3) is 11.3 Å². The minimum Gasteiger partial charge on any atom is -0.387 e. The third kappa shape index (κ3) is 5.15. The van der Waals surface area contributed by atoms with Crippen LogP contribution < -0.4 is 11.1 Å². The predicted molar refractivity (Wildman–Crippen MR) is 122 cm³/mol. The number of nitrogens with one attached hydrogen (secondary N) is 1. The minimum atomic E-state index is -3.13. The van der Waals surface area contributed by atoms with Gasteiger partial charge in [-0.25, -0.2) is 23.1 Å². The van der Waals surface area contributed by atoms with Gasteiger partial charge in [-0.2, -0.15) is 0 Å². The molecule has 1 amide bonds. The Kier molecular flexibility index (Phi) is 6.77. The quantitative estimate of drug-likeness (QED) is 0.481. The Morgan fingerprint density at radius 2 is 2.06 bits per heavy atom. The molecule has 4 rings (SSSR count). The summed E-state index contributed by atoms with van der Waals surface area (Å²) in [6.07, 6.45) is -0.884. The van der Waals surface area contributed by atoms with Crippen molar-refractivity contribution >= 4 is 23.3 Å². The first-order chi connectivity index (χ1) is 16.1. The topological polar surface area (TPSA) is 101 Å². The number of aliphatic hydroxyl groups is 1. The molecular formula is C24H22ClF3N4O2. The third-order valence-electron chi connectivity index (χ3n) is 5.89. The van der Waals surface area contributed by atoms with Crippen LogP contribution in [0.2, 0.25) is 5.02 Å². The normalized spacial score (nSPS) is 19.6. The molecule has 10 heteroatoms. The van der Waals surface area contributed by atoms with Crippen LogP contribution in [0.1, 0.15) is 46.8 Å². The zero-order valence-corrected chi connectivity index (χ0v) is 18.7. The third-order valence-corrected chi connectivity index (χ3v) is 6.12. The van der Waals surface area contributed by atoms with E-state index in [-0.39, 0.29) is 42.0 Å². The van der Waals surface area contributed by atoms with Crippen molar-refractivity contribution in [3.8, 4) is 11.3 Å². The molecule has 1 aromatic heterocycles. The van der Waals surface area contributed by atoms with Gasteiger partial charge >= 0.3 is 0 Å². The zero-order chi connectivity index (χ0) is 24.5. The van der Waals surface area contributed by atoms with Crippen LogP contribution in [-0.2, 0) is 6.54 Å². The Bertz CT molecular complexity index is 1220. The number of halogens is 4. The van der Waals surface area contributed by atoms with E-state index in [0.717, 1.165) is 11.6 Å². The molecule has 6 nitrogen and oxygen atoms in total. The van der Waals surface area contributed by atoms with E-state index in [1.165, 1.54) is 18.3 Å². The van der Waals surface area contributed by atoms with Crippen LogP contribution in [0.5, 0.6) is 0 Å². The van der Waals surface area contributed by atoms with Gasteiger partial charge in [-0.1, -0.05) is 29.8 Å². The van der Waals surface area contributed by atoms with E-state index >= 15 is 0 Å². The number of carbonyl (C=O) groups excluding carboxylic acids is 1. The summed E-state index contributed by atoms with van der Waals surface area (Å²) in [5.74, 6) is -4.91. The van der Waals surface area contributed by atoms with Crippen LogP contribution in [0.3, 0.4) is 0 Å². The molecule has 3 aromatic rings. The number of amides is 1. The van der Waals surface area contributed by atoms with Gasteiger partial charge in [-0.15, -0.1) is 0 Å². The average molecular weight is 491 g/mol. The largest absolute Gasteiger partial charge is 0.387 e. The van der Waals surface area contributed by atoms with E-state index < -0.39 is 36.1 Å². The fraction of sp³-hybridized carbons (Fsp3) is 0.292. The first kappa shape index (κ1) is 24.0. The van der Waals surface area contributed by atoms with Crippen molar-refractivity contribution in [2.24, 2.45) is 0 Å². The molecule has 1 heterocycles. The molecule has 2 atom stereocenters. The number of nitrogen functional groups attached to an aromatic ring is 1. The predicted octanol–water partition coefficient (Wildman–Crippen LogP) is 4.71. The first-order valence-electron chi connectivity index (χ1n) is 10.6. The van der Waals surface area contributed by atoms with E-state index in [1.54, 1.807) is 24.3 Å². The average Bonchev–Trinajstić information content (AvgIpc) is 2.80. The van der Waals surface area contributed by atoms with E-state index in [9.17, 15) is 23.1 Å². The number of anilines is 1. The van der Waals surface area contributed by atoms with Gasteiger partial charge in [-0.05, 0) is 42.7 Å². The van der Waals surface area contributed by atoms with Gasteiger partial charge in [0.2, 0.25) is 0 Å². The summed E-state index contributed by atoms with van der Waals surface area (Å²) >= 11 is 5.93. The lowest BCUT2D eigenvalue weighted by Gasteiger charge is -2.32. The molecule has 1 aliphatic carbocycles. The van der Waals surface area contributed by atoms with Crippen LogP contribution >= 0.6 is 11.6 Å². The number of alkyl halides is 2. The highest BCUT2D eigenvalue weighted by Gasteiger charge is 2.44. The van der Waals surface area contributed by atoms with E-state index in [2.05, 4.69) is 15.3 Å². The molecule has 178 valence electrons. The van der Waals surface area contributed by atoms with Crippen molar-refractivity contribution in [2.75, 3.05) is 5.73 Å². The Labute approximate surface area is 199 Å². The highest BCUT2D eigenvalue weighted by Crippen LogP contribution is 2.41. The number of hydrogen-bond donors (Lipinski definition) is 3. The molecule has 1 aliphatic rings. The molecule has 0 bridgehead atoms. The number of aromatic nitrogens is 2. The van der Waals surface area contributed by atoms with Gasteiger partial charge in [-0.3, -0.25) is 4.79 Å². The lowest BCUT2D eigenvalue weighted by molar-refractivity contribution is -0.135. The highest BCUT2D eigenvalue weighted by atomic mass is 35.5. The Hall–Kier alpha value is -3.17. The van der Waals surface area contributed by atoms with Crippen molar-refractivity contribution in [1.82, 2.24) is 15.3 Å². The summed E-state index contributed by atoms with van der Waals surface area (Å²) in [6.45, 7) is 0.174. The van der Waals surface area contributed by atoms with E-state index in [1.807, 2.05) is 0 Å². The van der Waals surface area contributed by atoms with Crippen molar-refractivity contribution in [3.63, 3.8) is 0 Å². The van der Waals surface area contributed by atoms with Crippen LogP contribution in [0.15, 0.2) is 48.7 Å². The molecular weight excluding hydrogens is 469 g/mol.